The lowest BCUT2D eigenvalue weighted by atomic mass is 10.1. The molecule has 0 radical (unpaired) electrons. The number of pyridine rings is 1. The van der Waals surface area contributed by atoms with Crippen LogP contribution in [0.15, 0.2) is 66.1 Å². The van der Waals surface area contributed by atoms with E-state index in [1.807, 2.05) is 30.3 Å². The first-order chi connectivity index (χ1) is 12.9. The first-order valence-corrected chi connectivity index (χ1v) is 8.29. The number of hydrogen-bond donors (Lipinski definition) is 3. The van der Waals surface area contributed by atoms with Crippen LogP contribution in [0, 0.1) is 0 Å². The summed E-state index contributed by atoms with van der Waals surface area (Å²) < 4.78 is 4.44. The van der Waals surface area contributed by atoms with Gasteiger partial charge in [0.15, 0.2) is 0 Å². The molecule has 27 heavy (non-hydrogen) atoms. The molecule has 1 aromatic carbocycles. The molecule has 7 nitrogen and oxygen atoms in total. The van der Waals surface area contributed by atoms with Gasteiger partial charge in [-0.2, -0.15) is 0 Å². The number of anilines is 1. The van der Waals surface area contributed by atoms with E-state index < -0.39 is 11.9 Å². The number of nitrogens with one attached hydrogen (secondary N) is 1. The summed E-state index contributed by atoms with van der Waals surface area (Å²) in [5.74, 6) is -0.938. The summed E-state index contributed by atoms with van der Waals surface area (Å²) in [4.78, 5) is 27.4. The highest BCUT2D eigenvalue weighted by Gasteiger charge is 2.08. The Labute approximate surface area is 161 Å². The zero-order valence-corrected chi connectivity index (χ0v) is 15.4. The Balaban J connectivity index is 1.99. The van der Waals surface area contributed by atoms with E-state index in [0.29, 0.717) is 17.3 Å². The highest BCUT2D eigenvalue weighted by molar-refractivity contribution is 6.30. The number of aromatic nitrogens is 1. The van der Waals surface area contributed by atoms with Crippen molar-refractivity contribution in [2.24, 2.45) is 11.5 Å². The summed E-state index contributed by atoms with van der Waals surface area (Å²) in [6.07, 6.45) is 4.74. The summed E-state index contributed by atoms with van der Waals surface area (Å²) in [5.41, 5.74) is 12.8. The lowest BCUT2D eigenvalue weighted by Gasteiger charge is -2.06. The van der Waals surface area contributed by atoms with Crippen LogP contribution in [-0.4, -0.2) is 24.0 Å². The fraction of sp³-hybridized carbons (Fsp3) is 0.105. The standard InChI is InChI=1S/C19H19ClN4O3/c1-27-19(26)16(22)7-6-15(21)18(25)24-17-8-5-13(11-23-17)9-12-3-2-4-14(20)10-12/h2-8,10-11H,9,21-22H2,1H3,(H,23,24,25)/b15-6-,16-7-. The summed E-state index contributed by atoms with van der Waals surface area (Å²) >= 11 is 5.98. The minimum atomic E-state index is -0.712. The normalized spacial score (nSPS) is 11.8. The average Bonchev–Trinajstić information content (AvgIpc) is 2.66. The van der Waals surface area contributed by atoms with Crippen LogP contribution in [0.3, 0.4) is 0 Å². The van der Waals surface area contributed by atoms with E-state index in [1.54, 1.807) is 12.3 Å². The van der Waals surface area contributed by atoms with Crippen molar-refractivity contribution in [3.05, 3.63) is 82.3 Å². The van der Waals surface area contributed by atoms with Gasteiger partial charge in [-0.25, -0.2) is 9.78 Å². The molecule has 0 spiro atoms. The number of halogens is 1. The van der Waals surface area contributed by atoms with Gasteiger partial charge in [0.25, 0.3) is 5.91 Å². The molecule has 1 aromatic heterocycles. The van der Waals surface area contributed by atoms with Crippen molar-refractivity contribution in [2.45, 2.75) is 6.42 Å². The summed E-state index contributed by atoms with van der Waals surface area (Å²) in [6, 6.07) is 11.1. The number of hydrogen-bond acceptors (Lipinski definition) is 6. The quantitative estimate of drug-likeness (QED) is 0.397. The van der Waals surface area contributed by atoms with E-state index in [9.17, 15) is 9.59 Å². The monoisotopic (exact) mass is 386 g/mol. The maximum Gasteiger partial charge on any atom is 0.353 e. The third-order valence-electron chi connectivity index (χ3n) is 3.49. The van der Waals surface area contributed by atoms with Crippen molar-refractivity contribution in [3.8, 4) is 0 Å². The second-order valence-corrected chi connectivity index (χ2v) is 5.98. The average molecular weight is 387 g/mol. The molecule has 0 aliphatic rings. The smallest absolute Gasteiger partial charge is 0.353 e. The van der Waals surface area contributed by atoms with Crippen molar-refractivity contribution in [1.29, 1.82) is 0 Å². The molecular weight excluding hydrogens is 368 g/mol. The zero-order chi connectivity index (χ0) is 19.8. The summed E-state index contributed by atoms with van der Waals surface area (Å²) in [7, 11) is 1.20. The van der Waals surface area contributed by atoms with Gasteiger partial charge >= 0.3 is 5.97 Å². The number of rotatable bonds is 6. The largest absolute Gasteiger partial charge is 0.464 e. The first-order valence-electron chi connectivity index (χ1n) is 7.91. The molecule has 0 aliphatic carbocycles. The highest BCUT2D eigenvalue weighted by Crippen LogP contribution is 2.15. The van der Waals surface area contributed by atoms with E-state index in [4.69, 9.17) is 23.1 Å². The molecule has 0 saturated heterocycles. The van der Waals surface area contributed by atoms with E-state index in [2.05, 4.69) is 15.0 Å². The first kappa shape index (κ1) is 20.0. The van der Waals surface area contributed by atoms with E-state index in [0.717, 1.165) is 11.1 Å². The number of amides is 1. The Hall–Kier alpha value is -3.32. The molecule has 5 N–H and O–H groups in total. The highest BCUT2D eigenvalue weighted by atomic mass is 35.5. The predicted octanol–water partition coefficient (Wildman–Crippen LogP) is 2.12. The van der Waals surface area contributed by atoms with Gasteiger partial charge in [-0.1, -0.05) is 29.8 Å². The third kappa shape index (κ3) is 6.16. The molecule has 0 unspecified atom stereocenters. The van der Waals surface area contributed by atoms with Crippen LogP contribution < -0.4 is 16.8 Å². The van der Waals surface area contributed by atoms with Crippen LogP contribution in [0.1, 0.15) is 11.1 Å². The van der Waals surface area contributed by atoms with Gasteiger partial charge in [0.1, 0.15) is 11.5 Å². The van der Waals surface area contributed by atoms with Gasteiger partial charge in [-0.05, 0) is 47.9 Å². The maximum absolute atomic E-state index is 12.0. The van der Waals surface area contributed by atoms with Gasteiger partial charge in [0, 0.05) is 11.2 Å². The van der Waals surface area contributed by atoms with E-state index >= 15 is 0 Å². The Bertz CT molecular complexity index is 892. The molecule has 0 atom stereocenters. The van der Waals surface area contributed by atoms with E-state index in [1.165, 1.54) is 19.3 Å². The Kier molecular flexibility index (Phi) is 6.96. The van der Waals surface area contributed by atoms with Crippen LogP contribution in [0.4, 0.5) is 5.82 Å². The van der Waals surface area contributed by atoms with Crippen molar-refractivity contribution >= 4 is 29.3 Å². The number of esters is 1. The van der Waals surface area contributed by atoms with Crippen LogP contribution >= 0.6 is 11.6 Å². The number of carbonyl (C=O) groups excluding carboxylic acids is 2. The number of ether oxygens (including phenoxy) is 1. The molecule has 0 bridgehead atoms. The molecule has 2 rings (SSSR count). The van der Waals surface area contributed by atoms with Gasteiger partial charge in [0.2, 0.25) is 0 Å². The Morgan fingerprint density at radius 2 is 1.89 bits per heavy atom. The number of nitrogens with two attached hydrogens (primary N) is 2. The number of methoxy groups -OCH3 is 1. The molecule has 1 amide bonds. The molecule has 1 heterocycles. The second kappa shape index (κ2) is 9.40. The van der Waals surface area contributed by atoms with Gasteiger partial charge < -0.3 is 21.5 Å². The lowest BCUT2D eigenvalue weighted by molar-refractivity contribution is -0.136. The van der Waals surface area contributed by atoms with Gasteiger partial charge in [-0.3, -0.25) is 4.79 Å². The number of benzene rings is 1. The Morgan fingerprint density at radius 3 is 2.52 bits per heavy atom. The van der Waals surface area contributed by atoms with Gasteiger partial charge in [-0.15, -0.1) is 0 Å². The Morgan fingerprint density at radius 1 is 1.15 bits per heavy atom. The molecule has 140 valence electrons. The van der Waals surface area contributed by atoms with Crippen molar-refractivity contribution in [3.63, 3.8) is 0 Å². The summed E-state index contributed by atoms with van der Waals surface area (Å²) in [6.45, 7) is 0. The van der Waals surface area contributed by atoms with E-state index in [-0.39, 0.29) is 11.4 Å². The molecule has 0 saturated carbocycles. The minimum absolute atomic E-state index is 0.133. The predicted molar refractivity (Wildman–Crippen MR) is 104 cm³/mol. The zero-order valence-electron chi connectivity index (χ0n) is 14.6. The van der Waals surface area contributed by atoms with Gasteiger partial charge in [0.05, 0.1) is 12.8 Å². The SMILES string of the molecule is COC(=O)/C(N)=C/C=C(\N)C(=O)Nc1ccc(Cc2cccc(Cl)c2)cn1. The molecule has 0 fully saturated rings. The molecule has 0 aliphatic heterocycles. The maximum atomic E-state index is 12.0. The number of carbonyl (C=O) groups is 2. The van der Waals surface area contributed by atoms with Crippen LogP contribution in [0.2, 0.25) is 5.02 Å². The molecule has 8 heteroatoms. The molecule has 2 aromatic rings. The number of nitrogens with zero attached hydrogens (tertiary/aromatic N) is 1. The van der Waals surface area contributed by atoms with Crippen molar-refractivity contribution in [2.75, 3.05) is 12.4 Å². The minimum Gasteiger partial charge on any atom is -0.464 e. The lowest BCUT2D eigenvalue weighted by Crippen LogP contribution is -2.21. The number of allylic oxidation sites excluding steroid dienone is 2. The summed E-state index contributed by atoms with van der Waals surface area (Å²) in [5, 5.41) is 3.23. The fourth-order valence-electron chi connectivity index (χ4n) is 2.12. The molecular formula is C19H19ClN4O3. The van der Waals surface area contributed by atoms with Crippen molar-refractivity contribution in [1.82, 2.24) is 4.98 Å². The topological polar surface area (TPSA) is 120 Å². The second-order valence-electron chi connectivity index (χ2n) is 5.55. The fourth-order valence-corrected chi connectivity index (χ4v) is 2.33. The third-order valence-corrected chi connectivity index (χ3v) is 3.72. The van der Waals surface area contributed by atoms with Crippen LogP contribution in [-0.2, 0) is 20.7 Å². The van der Waals surface area contributed by atoms with Crippen LogP contribution in [0.5, 0.6) is 0 Å². The van der Waals surface area contributed by atoms with Crippen molar-refractivity contribution < 1.29 is 14.3 Å². The van der Waals surface area contributed by atoms with Crippen LogP contribution in [0.25, 0.3) is 0 Å².